The maximum absolute atomic E-state index is 13.8. The highest BCUT2D eigenvalue weighted by Gasteiger charge is 2.31. The molecule has 0 radical (unpaired) electrons. The van der Waals surface area contributed by atoms with Crippen molar-refractivity contribution in [1.82, 2.24) is 49.8 Å². The fraction of sp³-hybridized carbons (Fsp3) is 0.603. The van der Waals surface area contributed by atoms with Gasteiger partial charge in [-0.3, -0.25) is 37.9 Å². The van der Waals surface area contributed by atoms with Crippen molar-refractivity contribution in [2.24, 2.45) is 0 Å². The van der Waals surface area contributed by atoms with Gasteiger partial charge in [-0.1, -0.05) is 10.3 Å². The number of hydrogen-bond donors (Lipinski definition) is 3. The molecule has 22 nitrogen and oxygen atoms in total. The van der Waals surface area contributed by atoms with Crippen LogP contribution in [0.4, 0.5) is 8.78 Å². The van der Waals surface area contributed by atoms with Crippen LogP contribution >= 0.6 is 0 Å². The molecule has 8 heterocycles. The van der Waals surface area contributed by atoms with Crippen molar-refractivity contribution in [2.75, 3.05) is 59.0 Å². The number of unbranched alkanes of at least 4 members (excludes halogenated alkanes) is 1. The molecular weight excluding hydrogens is 1190 g/mol. The summed E-state index contributed by atoms with van der Waals surface area (Å²) >= 11 is 0. The number of carboxylic acids is 1. The Hall–Kier alpha value is -7.73. The number of hydrogen-bond acceptors (Lipinski definition) is 17. The van der Waals surface area contributed by atoms with E-state index >= 15 is 0 Å². The number of carbonyl (C=O) groups is 5. The molecule has 6 aromatic rings. The Morgan fingerprint density at radius 3 is 1.54 bits per heavy atom. The lowest BCUT2D eigenvalue weighted by Crippen LogP contribution is -2.40. The zero-order valence-electron chi connectivity index (χ0n) is 53.2. The lowest BCUT2D eigenvalue weighted by molar-refractivity contribution is -0.145. The minimum Gasteiger partial charge on any atom is -0.480 e. The summed E-state index contributed by atoms with van der Waals surface area (Å²) in [5, 5.41) is 25.4. The number of likely N-dealkylation sites (tertiary alicyclic amines) is 2. The van der Waals surface area contributed by atoms with Crippen molar-refractivity contribution >= 4 is 51.7 Å². The normalized spacial score (nSPS) is 17.7. The van der Waals surface area contributed by atoms with Crippen molar-refractivity contribution in [1.29, 1.82) is 0 Å². The van der Waals surface area contributed by atoms with E-state index in [4.69, 9.17) is 28.5 Å². The number of ether oxygens (including phenoxy) is 2. The lowest BCUT2D eigenvalue weighted by Gasteiger charge is -2.31. The average molecular weight is 1280 g/mol. The van der Waals surface area contributed by atoms with Gasteiger partial charge in [0, 0.05) is 127 Å². The molecule has 3 N–H and O–H groups in total. The molecule has 0 aliphatic carbocycles. The number of carboxylic acid groups (broad SMARTS) is 1. The number of fused-ring (bicyclic) bond motifs is 4. The Morgan fingerprint density at radius 2 is 1.08 bits per heavy atom. The maximum Gasteiger partial charge on any atom is 0.326 e. The SMILES string of the molecule is Cc1nc2n(c(=O)c1CCN1CCC(c3noc4cc(F)ccc34)CC1)CCCC2CCCOC(=O)CCCC(=O)NCCCCC(NC(=O)CCCC(=O)OCCCC1CCCn2c1nc(C)c(CCN1CCC(c3noc4cc(F)ccc34)CC1)c2=O)C(=O)O. The summed E-state index contributed by atoms with van der Waals surface area (Å²) in [5.74, 6) is -1.26. The Balaban J connectivity index is 0.536. The van der Waals surface area contributed by atoms with E-state index in [0.29, 0.717) is 82.2 Å². The molecule has 2 fully saturated rings. The van der Waals surface area contributed by atoms with Crippen LogP contribution in [0, 0.1) is 25.5 Å². The highest BCUT2D eigenvalue weighted by atomic mass is 19.1. The number of piperidine rings is 2. The standard InChI is InChI=1S/C68H88F2N10O12/c1-43-51(28-37-77-33-24-45(25-34-77)62-53-22-20-49(69)41-56(53)91-75-62)66(85)79-31-7-11-47(64(79)72-43)13-9-39-89-60(83)18-5-16-58(81)71-30-4-3-15-55(68(87)88)74-59(82)17-6-19-61(84)90-40-10-14-48-12-8-32-80-65(48)73-44(2)52(67(80)86)29-38-78-35-26-46(27-36-78)63-54-23-21-50(70)42-57(54)92-76-63/h20-23,41-42,45-48,55H,3-19,24-40H2,1-2H3,(H,71,81)(H,74,82)(H,87,88). The first-order chi connectivity index (χ1) is 44.6. The molecule has 10 rings (SSSR count). The van der Waals surface area contributed by atoms with Crippen LogP contribution in [-0.2, 0) is 59.4 Å². The van der Waals surface area contributed by atoms with Crippen LogP contribution in [0.2, 0.25) is 0 Å². The molecule has 0 bridgehead atoms. The third-order valence-electron chi connectivity index (χ3n) is 19.2. The first kappa shape index (κ1) is 67.2. The Labute approximate surface area is 533 Å². The van der Waals surface area contributed by atoms with Crippen LogP contribution in [0.3, 0.4) is 0 Å². The van der Waals surface area contributed by atoms with E-state index in [1.165, 1.54) is 24.3 Å². The number of nitrogens with zero attached hydrogens (tertiary/aromatic N) is 8. The van der Waals surface area contributed by atoms with E-state index in [0.717, 1.165) is 153 Å². The lowest BCUT2D eigenvalue weighted by atomic mass is 9.91. The fourth-order valence-electron chi connectivity index (χ4n) is 14.0. The summed E-state index contributed by atoms with van der Waals surface area (Å²) < 4.78 is 52.8. The second-order valence-corrected chi connectivity index (χ2v) is 25.5. The largest absolute Gasteiger partial charge is 0.480 e. The molecule has 0 saturated carbocycles. The van der Waals surface area contributed by atoms with E-state index in [2.05, 4.69) is 30.7 Å². The van der Waals surface area contributed by atoms with Gasteiger partial charge in [-0.2, -0.15) is 0 Å². The molecule has 2 aromatic carbocycles. The quantitative estimate of drug-likeness (QED) is 0.0270. The zero-order chi connectivity index (χ0) is 64.7. The monoisotopic (exact) mass is 1270 g/mol. The van der Waals surface area contributed by atoms with Crippen LogP contribution in [0.1, 0.15) is 204 Å². The molecule has 4 aliphatic heterocycles. The van der Waals surface area contributed by atoms with Crippen LogP contribution < -0.4 is 21.8 Å². The molecule has 0 spiro atoms. The number of aliphatic carboxylic acids is 1. The van der Waals surface area contributed by atoms with Gasteiger partial charge in [0.15, 0.2) is 11.2 Å². The summed E-state index contributed by atoms with van der Waals surface area (Å²) in [5.41, 5.74) is 5.72. The second kappa shape index (κ2) is 32.2. The summed E-state index contributed by atoms with van der Waals surface area (Å²) in [6.07, 6.45) is 12.6. The number of rotatable bonds is 31. The van der Waals surface area contributed by atoms with Gasteiger partial charge in [0.05, 0.1) is 24.6 Å². The van der Waals surface area contributed by atoms with Gasteiger partial charge >= 0.3 is 17.9 Å². The molecule has 4 aromatic heterocycles. The highest BCUT2D eigenvalue weighted by Crippen LogP contribution is 2.36. The average Bonchev–Trinajstić information content (AvgIpc) is 0.995. The van der Waals surface area contributed by atoms with Crippen LogP contribution in [0.25, 0.3) is 21.9 Å². The van der Waals surface area contributed by atoms with Gasteiger partial charge in [-0.25, -0.2) is 23.5 Å². The molecule has 2 saturated heterocycles. The Bertz CT molecular complexity index is 3680. The van der Waals surface area contributed by atoms with Crippen molar-refractivity contribution < 1.29 is 56.4 Å². The Kier molecular flexibility index (Phi) is 23.5. The van der Waals surface area contributed by atoms with E-state index < -0.39 is 23.9 Å². The van der Waals surface area contributed by atoms with Gasteiger partial charge in [0.1, 0.15) is 29.3 Å². The van der Waals surface area contributed by atoms with Gasteiger partial charge in [-0.15, -0.1) is 0 Å². The first-order valence-electron chi connectivity index (χ1n) is 33.4. The van der Waals surface area contributed by atoms with Crippen molar-refractivity contribution in [3.63, 3.8) is 0 Å². The third kappa shape index (κ3) is 17.5. The smallest absolute Gasteiger partial charge is 0.326 e. The van der Waals surface area contributed by atoms with Crippen LogP contribution in [0.5, 0.6) is 0 Å². The van der Waals surface area contributed by atoms with Crippen molar-refractivity contribution in [2.45, 2.75) is 204 Å². The van der Waals surface area contributed by atoms with Crippen LogP contribution in [-0.4, -0.2) is 139 Å². The molecule has 3 atom stereocenters. The fourth-order valence-corrected chi connectivity index (χ4v) is 14.0. The Morgan fingerprint density at radius 1 is 0.609 bits per heavy atom. The van der Waals surface area contributed by atoms with E-state index in [1.807, 2.05) is 23.0 Å². The number of halogens is 2. The number of carbonyl (C=O) groups excluding carboxylic acids is 4. The first-order valence-corrected chi connectivity index (χ1v) is 33.4. The number of esters is 2. The minimum absolute atomic E-state index is 0.000220. The summed E-state index contributed by atoms with van der Waals surface area (Å²) in [4.78, 5) is 105. The van der Waals surface area contributed by atoms with Crippen molar-refractivity contribution in [3.8, 4) is 0 Å². The zero-order valence-corrected chi connectivity index (χ0v) is 53.2. The number of nitrogens with one attached hydrogen (secondary N) is 2. The number of aryl methyl sites for hydroxylation is 2. The third-order valence-corrected chi connectivity index (χ3v) is 19.2. The van der Waals surface area contributed by atoms with E-state index in [9.17, 15) is 47.4 Å². The molecule has 496 valence electrons. The minimum atomic E-state index is -1.18. The number of amides is 2. The second-order valence-electron chi connectivity index (χ2n) is 25.5. The molecule has 92 heavy (non-hydrogen) atoms. The molecule has 4 aliphatic rings. The predicted molar refractivity (Wildman–Crippen MR) is 337 cm³/mol. The van der Waals surface area contributed by atoms with Gasteiger partial charge in [-0.05, 0) is 186 Å². The molecule has 24 heteroatoms. The number of benzene rings is 2. The summed E-state index contributed by atoms with van der Waals surface area (Å²) in [7, 11) is 0. The molecule has 3 unspecified atom stereocenters. The molecular formula is C68H88F2N10O12. The van der Waals surface area contributed by atoms with Crippen molar-refractivity contribution in [3.05, 3.63) is 114 Å². The topological polar surface area (TPSA) is 276 Å². The summed E-state index contributed by atoms with van der Waals surface area (Å²) in [6, 6.07) is 7.95. The van der Waals surface area contributed by atoms with Gasteiger partial charge in [0.2, 0.25) is 11.8 Å². The highest BCUT2D eigenvalue weighted by molar-refractivity contribution is 5.84. The van der Waals surface area contributed by atoms with Gasteiger partial charge < -0.3 is 44.1 Å². The molecule has 2 amide bonds. The predicted octanol–water partition coefficient (Wildman–Crippen LogP) is 9.12. The van der Waals surface area contributed by atoms with E-state index in [1.54, 1.807) is 12.1 Å². The summed E-state index contributed by atoms with van der Waals surface area (Å²) in [6.45, 7) is 10.7. The van der Waals surface area contributed by atoms with Gasteiger partial charge in [0.25, 0.3) is 11.1 Å². The van der Waals surface area contributed by atoms with E-state index in [-0.39, 0.29) is 110 Å². The number of aromatic nitrogens is 6. The van der Waals surface area contributed by atoms with Crippen LogP contribution in [0.15, 0.2) is 55.0 Å². The maximum atomic E-state index is 13.8.